The van der Waals surface area contributed by atoms with Crippen LogP contribution >= 0.6 is 31.9 Å². The summed E-state index contributed by atoms with van der Waals surface area (Å²) in [5.74, 6) is -0.199. The minimum Gasteiger partial charge on any atom is -0.379 e. The van der Waals surface area contributed by atoms with E-state index in [4.69, 9.17) is 4.74 Å². The van der Waals surface area contributed by atoms with Crippen LogP contribution in [0.25, 0.3) is 0 Å². The Morgan fingerprint density at radius 1 is 1.50 bits per heavy atom. The van der Waals surface area contributed by atoms with E-state index in [1.54, 1.807) is 18.3 Å². The van der Waals surface area contributed by atoms with Crippen LogP contribution in [0.2, 0.25) is 0 Å². The highest BCUT2D eigenvalue weighted by Gasteiger charge is 2.09. The van der Waals surface area contributed by atoms with Crippen molar-refractivity contribution in [3.63, 3.8) is 0 Å². The molecule has 0 spiro atoms. The molecule has 0 unspecified atom stereocenters. The highest BCUT2D eigenvalue weighted by atomic mass is 79.9. The van der Waals surface area contributed by atoms with Gasteiger partial charge in [-0.2, -0.15) is 0 Å². The molecular weight excluding hydrogens is 340 g/mol. The second-order valence-corrected chi connectivity index (χ2v) is 4.54. The van der Waals surface area contributed by atoms with Crippen LogP contribution < -0.4 is 5.32 Å². The summed E-state index contributed by atoms with van der Waals surface area (Å²) in [5.41, 5.74) is 0.392. The summed E-state index contributed by atoms with van der Waals surface area (Å²) in [6.07, 6.45) is 1.58. The van der Waals surface area contributed by atoms with Gasteiger partial charge in [0.2, 0.25) is 0 Å². The first-order chi connectivity index (χ1) is 7.75. The molecule has 0 aliphatic rings. The summed E-state index contributed by atoms with van der Waals surface area (Å²) in [6.45, 7) is 1.62. The standard InChI is InChI=1S/C10H12Br2N2O2/c11-3-6-16-7-5-14-10(15)9-8(12)2-1-4-13-9/h1-2,4H,3,5-7H2,(H,14,15). The molecule has 16 heavy (non-hydrogen) atoms. The Morgan fingerprint density at radius 2 is 2.31 bits per heavy atom. The average molecular weight is 352 g/mol. The van der Waals surface area contributed by atoms with Crippen molar-refractivity contribution in [1.82, 2.24) is 10.3 Å². The van der Waals surface area contributed by atoms with Crippen LogP contribution in [0.4, 0.5) is 0 Å². The third-order valence-corrected chi connectivity index (χ3v) is 2.69. The van der Waals surface area contributed by atoms with Crippen molar-refractivity contribution in [3.05, 3.63) is 28.5 Å². The second-order valence-electron chi connectivity index (χ2n) is 2.89. The molecule has 1 rings (SSSR count). The topological polar surface area (TPSA) is 51.2 Å². The molecular formula is C10H12Br2N2O2. The molecule has 0 atom stereocenters. The summed E-state index contributed by atoms with van der Waals surface area (Å²) in [4.78, 5) is 15.6. The lowest BCUT2D eigenvalue weighted by atomic mass is 10.3. The Hall–Kier alpha value is -0.460. The number of aromatic nitrogens is 1. The van der Waals surface area contributed by atoms with Gasteiger partial charge in [-0.1, -0.05) is 15.9 Å². The van der Waals surface area contributed by atoms with Crippen molar-refractivity contribution >= 4 is 37.8 Å². The van der Waals surface area contributed by atoms with Crippen molar-refractivity contribution in [2.45, 2.75) is 0 Å². The number of hydrogen-bond donors (Lipinski definition) is 1. The lowest BCUT2D eigenvalue weighted by Crippen LogP contribution is -2.28. The third kappa shape index (κ3) is 4.59. The van der Waals surface area contributed by atoms with Gasteiger partial charge in [0.1, 0.15) is 5.69 Å². The molecule has 0 saturated carbocycles. The Morgan fingerprint density at radius 3 is 3.00 bits per heavy atom. The maximum Gasteiger partial charge on any atom is 0.271 e. The van der Waals surface area contributed by atoms with Crippen molar-refractivity contribution in [2.24, 2.45) is 0 Å². The monoisotopic (exact) mass is 350 g/mol. The van der Waals surface area contributed by atoms with E-state index in [-0.39, 0.29) is 5.91 Å². The van der Waals surface area contributed by atoms with Gasteiger partial charge in [0.25, 0.3) is 5.91 Å². The van der Waals surface area contributed by atoms with Crippen LogP contribution in [0.15, 0.2) is 22.8 Å². The molecule has 0 saturated heterocycles. The van der Waals surface area contributed by atoms with E-state index in [0.717, 1.165) is 5.33 Å². The quantitative estimate of drug-likeness (QED) is 0.629. The Balaban J connectivity index is 2.33. The summed E-state index contributed by atoms with van der Waals surface area (Å²) in [7, 11) is 0. The van der Waals surface area contributed by atoms with Gasteiger partial charge < -0.3 is 10.1 Å². The first-order valence-corrected chi connectivity index (χ1v) is 6.69. The first kappa shape index (κ1) is 13.6. The van der Waals surface area contributed by atoms with Crippen molar-refractivity contribution in [3.8, 4) is 0 Å². The smallest absolute Gasteiger partial charge is 0.271 e. The van der Waals surface area contributed by atoms with E-state index in [0.29, 0.717) is 29.9 Å². The molecule has 0 radical (unpaired) electrons. The Bertz CT molecular complexity index is 347. The van der Waals surface area contributed by atoms with Crippen molar-refractivity contribution in [1.29, 1.82) is 0 Å². The predicted molar refractivity (Wildman–Crippen MR) is 68.9 cm³/mol. The van der Waals surface area contributed by atoms with Crippen LogP contribution in [0, 0.1) is 0 Å². The number of halogens is 2. The molecule has 0 aliphatic heterocycles. The van der Waals surface area contributed by atoms with Crippen molar-refractivity contribution in [2.75, 3.05) is 25.1 Å². The molecule has 1 aromatic rings. The Kier molecular flexibility index (Phi) is 6.59. The number of pyridine rings is 1. The molecule has 88 valence electrons. The molecule has 1 amide bonds. The number of alkyl halides is 1. The van der Waals surface area contributed by atoms with Gasteiger partial charge in [0, 0.05) is 22.5 Å². The minimum absolute atomic E-state index is 0.199. The van der Waals surface area contributed by atoms with Gasteiger partial charge >= 0.3 is 0 Å². The van der Waals surface area contributed by atoms with Gasteiger partial charge in [-0.25, -0.2) is 4.98 Å². The summed E-state index contributed by atoms with van der Waals surface area (Å²) < 4.78 is 5.89. The largest absolute Gasteiger partial charge is 0.379 e. The van der Waals surface area contributed by atoms with Crippen LogP contribution in [0.3, 0.4) is 0 Å². The number of ether oxygens (including phenoxy) is 1. The number of hydrogen-bond acceptors (Lipinski definition) is 3. The number of carbonyl (C=O) groups is 1. The van der Waals surface area contributed by atoms with Gasteiger partial charge in [0.05, 0.1) is 13.2 Å². The number of amides is 1. The second kappa shape index (κ2) is 7.76. The molecule has 0 aliphatic carbocycles. The summed E-state index contributed by atoms with van der Waals surface area (Å²) >= 11 is 6.52. The number of nitrogens with one attached hydrogen (secondary N) is 1. The normalized spacial score (nSPS) is 10.1. The summed E-state index contributed by atoms with van der Waals surface area (Å²) in [5, 5.41) is 3.53. The molecule has 6 heteroatoms. The third-order valence-electron chi connectivity index (χ3n) is 1.73. The van der Waals surface area contributed by atoms with E-state index in [1.165, 1.54) is 0 Å². The van der Waals surface area contributed by atoms with Crippen LogP contribution in [-0.2, 0) is 4.74 Å². The van der Waals surface area contributed by atoms with Gasteiger partial charge in [0.15, 0.2) is 0 Å². The van der Waals surface area contributed by atoms with Crippen LogP contribution in [-0.4, -0.2) is 36.0 Å². The fraction of sp³-hybridized carbons (Fsp3) is 0.400. The highest BCUT2D eigenvalue weighted by molar-refractivity contribution is 9.10. The molecule has 1 N–H and O–H groups in total. The van der Waals surface area contributed by atoms with Crippen molar-refractivity contribution < 1.29 is 9.53 Å². The van der Waals surface area contributed by atoms with Gasteiger partial charge in [-0.15, -0.1) is 0 Å². The van der Waals surface area contributed by atoms with E-state index in [9.17, 15) is 4.79 Å². The maximum absolute atomic E-state index is 11.6. The minimum atomic E-state index is -0.199. The molecule has 1 aromatic heterocycles. The molecule has 4 nitrogen and oxygen atoms in total. The Labute approximate surface area is 111 Å². The van der Waals surface area contributed by atoms with E-state index >= 15 is 0 Å². The molecule has 0 fully saturated rings. The van der Waals surface area contributed by atoms with Crippen LogP contribution in [0.5, 0.6) is 0 Å². The van der Waals surface area contributed by atoms with Gasteiger partial charge in [-0.3, -0.25) is 4.79 Å². The van der Waals surface area contributed by atoms with Gasteiger partial charge in [-0.05, 0) is 28.1 Å². The lowest BCUT2D eigenvalue weighted by molar-refractivity contribution is 0.0918. The molecule has 0 aromatic carbocycles. The van der Waals surface area contributed by atoms with E-state index < -0.39 is 0 Å². The fourth-order valence-corrected chi connectivity index (χ4v) is 1.69. The SMILES string of the molecule is O=C(NCCOCCBr)c1ncccc1Br. The molecule has 0 bridgehead atoms. The highest BCUT2D eigenvalue weighted by Crippen LogP contribution is 2.12. The first-order valence-electron chi connectivity index (χ1n) is 4.78. The number of nitrogens with zero attached hydrogens (tertiary/aromatic N) is 1. The zero-order valence-corrected chi connectivity index (χ0v) is 11.8. The zero-order valence-electron chi connectivity index (χ0n) is 8.58. The summed E-state index contributed by atoms with van der Waals surface area (Å²) in [6, 6.07) is 3.54. The lowest BCUT2D eigenvalue weighted by Gasteiger charge is -2.05. The average Bonchev–Trinajstić information content (AvgIpc) is 2.29. The maximum atomic E-state index is 11.6. The fourth-order valence-electron chi connectivity index (χ4n) is 1.03. The predicted octanol–water partition coefficient (Wildman–Crippen LogP) is 1.99. The number of carbonyl (C=O) groups excluding carboxylic acids is 1. The van der Waals surface area contributed by atoms with E-state index in [1.807, 2.05) is 0 Å². The van der Waals surface area contributed by atoms with E-state index in [2.05, 4.69) is 42.2 Å². The molecule has 1 heterocycles. The number of rotatable bonds is 6. The van der Waals surface area contributed by atoms with Crippen LogP contribution in [0.1, 0.15) is 10.5 Å². The zero-order chi connectivity index (χ0) is 11.8.